The molecule has 0 saturated carbocycles. The van der Waals surface area contributed by atoms with Gasteiger partial charge in [-0.15, -0.1) is 5.10 Å². The molecule has 0 unspecified atom stereocenters. The highest BCUT2D eigenvalue weighted by Crippen LogP contribution is 2.19. The van der Waals surface area contributed by atoms with Crippen LogP contribution in [0.25, 0.3) is 5.95 Å². The van der Waals surface area contributed by atoms with Crippen molar-refractivity contribution < 1.29 is 4.74 Å². The molecule has 28 heavy (non-hydrogen) atoms. The van der Waals surface area contributed by atoms with Crippen LogP contribution in [-0.2, 0) is 11.3 Å². The Labute approximate surface area is 168 Å². The Kier molecular flexibility index (Phi) is 5.03. The topological polar surface area (TPSA) is 78.0 Å². The molecule has 0 aliphatic carbocycles. The van der Waals surface area contributed by atoms with Gasteiger partial charge in [0.05, 0.1) is 18.0 Å². The molecule has 4 heterocycles. The third-order valence-electron chi connectivity index (χ3n) is 5.17. The third-order valence-corrected chi connectivity index (χ3v) is 5.43. The quantitative estimate of drug-likeness (QED) is 0.528. The number of hydrogen-bond acceptors (Lipinski definition) is 5. The molecule has 0 bridgehead atoms. The van der Waals surface area contributed by atoms with Crippen LogP contribution >= 0.6 is 12.2 Å². The normalized spacial score (nSPS) is 17.2. The Bertz CT molecular complexity index is 1080. The predicted octanol–water partition coefficient (Wildman–Crippen LogP) is 3.22. The minimum absolute atomic E-state index is 0.301. The van der Waals surface area contributed by atoms with Crippen LogP contribution < -0.4 is 0 Å². The number of rotatable bonds is 5. The lowest BCUT2D eigenvalue weighted by atomic mass is 10.2. The van der Waals surface area contributed by atoms with Crippen molar-refractivity contribution in [2.24, 2.45) is 5.10 Å². The lowest BCUT2D eigenvalue weighted by Gasteiger charge is -2.14. The summed E-state index contributed by atoms with van der Waals surface area (Å²) in [6.07, 6.45) is 4.40. The standard InChI is InChI=1S/C19H25N7OS/c1-12-8-14(3)25(23-12)18-21-22-19(28)26(18)20-10-16-9-13(2)24(15(16)4)11-17-6-5-7-27-17/h8-10,17H,5-7,11H2,1-4H3,(H,22,28)/b20-10-/t17-/m1/s1. The van der Waals surface area contributed by atoms with Gasteiger partial charge in [-0.05, 0) is 64.9 Å². The van der Waals surface area contributed by atoms with Gasteiger partial charge in [0, 0.05) is 35.8 Å². The van der Waals surface area contributed by atoms with Gasteiger partial charge in [0.2, 0.25) is 4.77 Å². The van der Waals surface area contributed by atoms with E-state index in [1.807, 2.05) is 26.1 Å². The van der Waals surface area contributed by atoms with E-state index in [4.69, 9.17) is 17.0 Å². The first-order chi connectivity index (χ1) is 13.4. The van der Waals surface area contributed by atoms with Gasteiger partial charge in [-0.3, -0.25) is 0 Å². The van der Waals surface area contributed by atoms with E-state index in [0.717, 1.165) is 42.9 Å². The second-order valence-electron chi connectivity index (χ2n) is 7.30. The Morgan fingerprint density at radius 3 is 2.79 bits per heavy atom. The molecule has 1 aliphatic rings. The molecule has 8 nitrogen and oxygen atoms in total. The van der Waals surface area contributed by atoms with Crippen molar-refractivity contribution in [1.29, 1.82) is 0 Å². The van der Waals surface area contributed by atoms with E-state index >= 15 is 0 Å². The minimum Gasteiger partial charge on any atom is -0.376 e. The average Bonchev–Trinajstić information content (AvgIpc) is 3.40. The molecule has 1 aliphatic heterocycles. The molecule has 3 aromatic heterocycles. The molecular formula is C19H25N7OS. The number of aromatic amines is 1. The van der Waals surface area contributed by atoms with E-state index in [-0.39, 0.29) is 0 Å². The molecule has 148 valence electrons. The van der Waals surface area contributed by atoms with Crippen molar-refractivity contribution in [2.75, 3.05) is 6.61 Å². The Balaban J connectivity index is 1.64. The fraction of sp³-hybridized carbons (Fsp3) is 0.474. The van der Waals surface area contributed by atoms with Crippen molar-refractivity contribution in [3.05, 3.63) is 45.2 Å². The highest BCUT2D eigenvalue weighted by molar-refractivity contribution is 7.71. The highest BCUT2D eigenvalue weighted by Gasteiger charge is 2.18. The van der Waals surface area contributed by atoms with Crippen LogP contribution in [0.4, 0.5) is 0 Å². The van der Waals surface area contributed by atoms with Crippen molar-refractivity contribution in [2.45, 2.75) is 53.2 Å². The average molecular weight is 400 g/mol. The summed E-state index contributed by atoms with van der Waals surface area (Å²) in [4.78, 5) is 0. The largest absolute Gasteiger partial charge is 0.376 e. The summed E-state index contributed by atoms with van der Waals surface area (Å²) in [7, 11) is 0. The summed E-state index contributed by atoms with van der Waals surface area (Å²) < 4.78 is 11.9. The number of hydrogen-bond donors (Lipinski definition) is 1. The molecule has 0 amide bonds. The number of nitrogens with one attached hydrogen (secondary N) is 1. The highest BCUT2D eigenvalue weighted by atomic mass is 32.1. The van der Waals surface area contributed by atoms with Gasteiger partial charge in [0.15, 0.2) is 0 Å². The molecule has 0 spiro atoms. The molecular weight excluding hydrogens is 374 g/mol. The van der Waals surface area contributed by atoms with Crippen LogP contribution in [0.5, 0.6) is 0 Å². The van der Waals surface area contributed by atoms with Gasteiger partial charge < -0.3 is 9.30 Å². The van der Waals surface area contributed by atoms with Crippen LogP contribution in [0.15, 0.2) is 17.2 Å². The second-order valence-corrected chi connectivity index (χ2v) is 7.68. The minimum atomic E-state index is 0.301. The fourth-order valence-electron chi connectivity index (χ4n) is 3.71. The first-order valence-electron chi connectivity index (χ1n) is 9.48. The SMILES string of the molecule is Cc1cc(C)n(-c2n[nH]c(=S)n2/N=C\c2cc(C)n(C[C@H]3CCCO3)c2C)n1. The van der Waals surface area contributed by atoms with Gasteiger partial charge in [-0.2, -0.15) is 14.9 Å². The predicted molar refractivity (Wildman–Crippen MR) is 110 cm³/mol. The summed E-state index contributed by atoms with van der Waals surface area (Å²) in [6.45, 7) is 9.90. The maximum absolute atomic E-state index is 5.79. The van der Waals surface area contributed by atoms with Crippen molar-refractivity contribution in [3.63, 3.8) is 0 Å². The van der Waals surface area contributed by atoms with Crippen molar-refractivity contribution >= 4 is 18.4 Å². The van der Waals surface area contributed by atoms with Crippen LogP contribution in [0.2, 0.25) is 0 Å². The molecule has 1 fully saturated rings. The Morgan fingerprint density at radius 1 is 1.29 bits per heavy atom. The van der Waals surface area contributed by atoms with Gasteiger partial charge in [0.1, 0.15) is 0 Å². The van der Waals surface area contributed by atoms with E-state index in [0.29, 0.717) is 16.8 Å². The van der Waals surface area contributed by atoms with E-state index in [9.17, 15) is 0 Å². The third kappa shape index (κ3) is 3.47. The monoisotopic (exact) mass is 399 g/mol. The lowest BCUT2D eigenvalue weighted by Crippen LogP contribution is -2.16. The van der Waals surface area contributed by atoms with Crippen molar-refractivity contribution in [3.8, 4) is 5.95 Å². The molecule has 1 atom stereocenters. The molecule has 3 aromatic rings. The zero-order valence-electron chi connectivity index (χ0n) is 16.6. The molecule has 0 aromatic carbocycles. The van der Waals surface area contributed by atoms with Gasteiger partial charge in [-0.1, -0.05) is 0 Å². The number of nitrogens with zero attached hydrogens (tertiary/aromatic N) is 6. The summed E-state index contributed by atoms with van der Waals surface area (Å²) in [5.41, 5.74) is 5.30. The van der Waals surface area contributed by atoms with E-state index in [1.165, 1.54) is 11.4 Å². The smallest absolute Gasteiger partial charge is 0.271 e. The first kappa shape index (κ1) is 18.8. The number of aromatic nitrogens is 6. The van der Waals surface area contributed by atoms with Gasteiger partial charge in [0.25, 0.3) is 5.95 Å². The van der Waals surface area contributed by atoms with Crippen LogP contribution in [-0.4, -0.2) is 48.1 Å². The lowest BCUT2D eigenvalue weighted by molar-refractivity contribution is 0.0962. The second kappa shape index (κ2) is 7.48. The summed E-state index contributed by atoms with van der Waals surface area (Å²) in [6, 6.07) is 4.13. The maximum atomic E-state index is 5.79. The Morgan fingerprint density at radius 2 is 2.11 bits per heavy atom. The van der Waals surface area contributed by atoms with Crippen LogP contribution in [0.3, 0.4) is 0 Å². The fourth-order valence-corrected chi connectivity index (χ4v) is 3.88. The summed E-state index contributed by atoms with van der Waals surface area (Å²) >= 11 is 5.37. The van der Waals surface area contributed by atoms with E-state index in [1.54, 1.807) is 9.36 Å². The number of ether oxygens (including phenoxy) is 1. The van der Waals surface area contributed by atoms with Crippen LogP contribution in [0.1, 0.15) is 41.2 Å². The van der Waals surface area contributed by atoms with E-state index in [2.05, 4.69) is 44.9 Å². The van der Waals surface area contributed by atoms with Gasteiger partial charge in [-0.25, -0.2) is 9.78 Å². The number of aryl methyl sites for hydroxylation is 3. The van der Waals surface area contributed by atoms with Crippen molar-refractivity contribution in [1.82, 2.24) is 29.2 Å². The molecule has 9 heteroatoms. The first-order valence-corrected chi connectivity index (χ1v) is 9.88. The number of H-pyrrole nitrogens is 1. The van der Waals surface area contributed by atoms with Crippen LogP contribution in [0, 0.1) is 32.5 Å². The summed E-state index contributed by atoms with van der Waals surface area (Å²) in [5.74, 6) is 0.542. The Hall–Kier alpha value is -2.52. The molecule has 1 N–H and O–H groups in total. The maximum Gasteiger partial charge on any atom is 0.271 e. The zero-order valence-corrected chi connectivity index (χ0v) is 17.5. The van der Waals surface area contributed by atoms with Gasteiger partial charge >= 0.3 is 0 Å². The summed E-state index contributed by atoms with van der Waals surface area (Å²) in [5, 5.41) is 16.2. The molecule has 4 rings (SSSR count). The molecule has 0 radical (unpaired) electrons. The molecule has 1 saturated heterocycles. The zero-order chi connectivity index (χ0) is 19.8. The van der Waals surface area contributed by atoms with E-state index < -0.39 is 0 Å².